The van der Waals surface area contributed by atoms with Gasteiger partial charge in [-0.25, -0.2) is 53.5 Å². The van der Waals surface area contributed by atoms with E-state index >= 15 is 0 Å². The topological polar surface area (TPSA) is 69.7 Å². The maximum Gasteiger partial charge on any atom is 0.344 e. The van der Waals surface area contributed by atoms with Gasteiger partial charge in [0.05, 0.1) is 0 Å². The maximum absolute atomic E-state index is 13.5. The smallest absolute Gasteiger partial charge is 0.344 e. The summed E-state index contributed by atoms with van der Waals surface area (Å²) in [5, 5.41) is 0. The molecule has 2 rings (SSSR count). The van der Waals surface area contributed by atoms with Gasteiger partial charge in [0.15, 0.2) is 59.8 Å². The van der Waals surface area contributed by atoms with Gasteiger partial charge in [-0.3, -0.25) is 4.79 Å². The highest BCUT2D eigenvalue weighted by Gasteiger charge is 2.32. The first-order valence-corrected chi connectivity index (χ1v) is 7.69. The number of carbonyl (C=O) groups excluding carboxylic acids is 3. The number of hydrogen-bond donors (Lipinski definition) is 0. The lowest BCUT2D eigenvalue weighted by molar-refractivity contribution is -0.125. The lowest BCUT2D eigenvalue weighted by Crippen LogP contribution is -2.23. The Balaban J connectivity index is 2.07. The molecule has 0 aliphatic rings. The van der Waals surface area contributed by atoms with Crippen LogP contribution >= 0.6 is 0 Å². The van der Waals surface area contributed by atoms with Gasteiger partial charge < -0.3 is 9.47 Å². The highest BCUT2D eigenvalue weighted by molar-refractivity contribution is 5.94. The van der Waals surface area contributed by atoms with Crippen molar-refractivity contribution in [3.63, 3.8) is 0 Å². The van der Waals surface area contributed by atoms with E-state index in [1.54, 1.807) is 0 Å². The van der Waals surface area contributed by atoms with Gasteiger partial charge in [-0.1, -0.05) is 0 Å². The summed E-state index contributed by atoms with van der Waals surface area (Å²) >= 11 is 0. The number of benzene rings is 2. The van der Waals surface area contributed by atoms with Gasteiger partial charge in [-0.2, -0.15) is 0 Å². The minimum Gasteiger partial charge on any atom is -0.454 e. The Morgan fingerprint density at radius 2 is 0.656 bits per heavy atom. The molecule has 172 valence electrons. The molecule has 0 atom stereocenters. The molecular weight excluding hydrogens is 474 g/mol. The zero-order chi connectivity index (χ0) is 24.5. The van der Waals surface area contributed by atoms with E-state index in [1.807, 2.05) is 0 Å². The number of ketones is 1. The monoisotopic (exact) mass is 478 g/mol. The standard InChI is InChI=1S/C17H4F10O5/c18-6-4(7(19)11(23)14(26)10(6)22)16(29)31-1-3(28)2-32-17(30)5-8(20)12(24)15(27)13(25)9(5)21/h1-2H2. The third-order valence-corrected chi connectivity index (χ3v) is 3.56. The van der Waals surface area contributed by atoms with E-state index in [0.29, 0.717) is 0 Å². The van der Waals surface area contributed by atoms with Crippen LogP contribution in [0.15, 0.2) is 0 Å². The van der Waals surface area contributed by atoms with Gasteiger partial charge in [0.1, 0.15) is 11.1 Å². The fourth-order valence-electron chi connectivity index (χ4n) is 2.05. The van der Waals surface area contributed by atoms with E-state index in [-0.39, 0.29) is 0 Å². The van der Waals surface area contributed by atoms with Gasteiger partial charge in [-0.15, -0.1) is 0 Å². The minimum atomic E-state index is -2.58. The summed E-state index contributed by atoms with van der Waals surface area (Å²) in [6.07, 6.45) is 0. The molecule has 0 saturated carbocycles. The van der Waals surface area contributed by atoms with E-state index < -0.39 is 100 Å². The van der Waals surface area contributed by atoms with Crippen LogP contribution in [0, 0.1) is 58.2 Å². The van der Waals surface area contributed by atoms with Crippen LogP contribution < -0.4 is 0 Å². The first-order valence-electron chi connectivity index (χ1n) is 7.69. The van der Waals surface area contributed by atoms with E-state index in [2.05, 4.69) is 9.47 Å². The number of hydrogen-bond acceptors (Lipinski definition) is 5. The molecule has 15 heteroatoms. The second kappa shape index (κ2) is 9.23. The number of rotatable bonds is 6. The summed E-state index contributed by atoms with van der Waals surface area (Å²) in [5.74, 6) is -31.3. The molecule has 0 amide bonds. The quantitative estimate of drug-likeness (QED) is 0.275. The lowest BCUT2D eigenvalue weighted by Gasteiger charge is -2.09. The number of esters is 2. The second-order valence-corrected chi connectivity index (χ2v) is 5.58. The summed E-state index contributed by atoms with van der Waals surface area (Å²) in [6, 6.07) is 0. The van der Waals surface area contributed by atoms with Crippen LogP contribution in [0.1, 0.15) is 20.7 Å². The van der Waals surface area contributed by atoms with Crippen molar-refractivity contribution in [2.24, 2.45) is 0 Å². The molecule has 0 heterocycles. The van der Waals surface area contributed by atoms with Crippen LogP contribution in [0.3, 0.4) is 0 Å². The summed E-state index contributed by atoms with van der Waals surface area (Å²) in [4.78, 5) is 34.5. The maximum atomic E-state index is 13.5. The molecule has 0 fully saturated rings. The van der Waals surface area contributed by atoms with E-state index in [9.17, 15) is 58.3 Å². The molecule has 0 unspecified atom stereocenters. The van der Waals surface area contributed by atoms with Crippen molar-refractivity contribution >= 4 is 17.7 Å². The van der Waals surface area contributed by atoms with Crippen LogP contribution in [0.4, 0.5) is 43.9 Å². The number of halogens is 10. The molecule has 0 saturated heterocycles. The third kappa shape index (κ3) is 4.36. The van der Waals surface area contributed by atoms with E-state index in [0.717, 1.165) is 0 Å². The van der Waals surface area contributed by atoms with Crippen LogP contribution in [0.25, 0.3) is 0 Å². The van der Waals surface area contributed by atoms with Gasteiger partial charge >= 0.3 is 11.9 Å². The predicted molar refractivity (Wildman–Crippen MR) is 78.0 cm³/mol. The molecule has 0 aromatic heterocycles. The number of carbonyl (C=O) groups is 3. The average molecular weight is 478 g/mol. The first kappa shape index (κ1) is 24.6. The van der Waals surface area contributed by atoms with Crippen LogP contribution in [0.5, 0.6) is 0 Å². The van der Waals surface area contributed by atoms with Crippen molar-refractivity contribution in [2.45, 2.75) is 0 Å². The summed E-state index contributed by atoms with van der Waals surface area (Å²) in [6.45, 7) is -3.02. The van der Waals surface area contributed by atoms with Crippen LogP contribution in [-0.2, 0) is 14.3 Å². The fraction of sp³-hybridized carbons (Fsp3) is 0.118. The van der Waals surface area contributed by atoms with Crippen molar-refractivity contribution < 1.29 is 67.8 Å². The Hall–Kier alpha value is -3.65. The zero-order valence-corrected chi connectivity index (χ0v) is 14.7. The molecule has 5 nitrogen and oxygen atoms in total. The van der Waals surface area contributed by atoms with Crippen LogP contribution in [-0.4, -0.2) is 30.9 Å². The van der Waals surface area contributed by atoms with Gasteiger partial charge in [0, 0.05) is 0 Å². The molecule has 0 spiro atoms. The van der Waals surface area contributed by atoms with Gasteiger partial charge in [0.25, 0.3) is 0 Å². The average Bonchev–Trinajstić information content (AvgIpc) is 2.76. The Morgan fingerprint density at radius 1 is 0.438 bits per heavy atom. The molecule has 0 N–H and O–H groups in total. The molecule has 32 heavy (non-hydrogen) atoms. The Kier molecular flexibility index (Phi) is 7.10. The fourth-order valence-corrected chi connectivity index (χ4v) is 2.05. The van der Waals surface area contributed by atoms with Gasteiger partial charge in [0.2, 0.25) is 17.4 Å². The molecule has 2 aromatic rings. The SMILES string of the molecule is O=C(COC(=O)c1c(F)c(F)c(F)c(F)c1F)COC(=O)c1c(F)c(F)c(F)c(F)c1F. The molecule has 0 aliphatic heterocycles. The largest absolute Gasteiger partial charge is 0.454 e. The first-order chi connectivity index (χ1) is 14.8. The van der Waals surface area contributed by atoms with Crippen molar-refractivity contribution in [3.8, 4) is 0 Å². The zero-order valence-electron chi connectivity index (χ0n) is 14.7. The molecular formula is C17H4F10O5. The lowest BCUT2D eigenvalue weighted by atomic mass is 10.1. The van der Waals surface area contributed by atoms with Crippen molar-refractivity contribution in [1.29, 1.82) is 0 Å². The highest BCUT2D eigenvalue weighted by Crippen LogP contribution is 2.25. The molecule has 0 radical (unpaired) electrons. The minimum absolute atomic E-state index is 1.49. The van der Waals surface area contributed by atoms with E-state index in [1.165, 1.54) is 0 Å². The van der Waals surface area contributed by atoms with Crippen LogP contribution in [0.2, 0.25) is 0 Å². The highest BCUT2D eigenvalue weighted by atomic mass is 19.2. The third-order valence-electron chi connectivity index (χ3n) is 3.56. The Bertz CT molecular complexity index is 1000. The number of ether oxygens (including phenoxy) is 2. The molecule has 0 bridgehead atoms. The molecule has 0 aliphatic carbocycles. The normalized spacial score (nSPS) is 10.8. The Labute approximate surface area is 169 Å². The van der Waals surface area contributed by atoms with Crippen molar-refractivity contribution in [2.75, 3.05) is 13.2 Å². The number of Topliss-reactive ketones (excluding diaryl/α,β-unsaturated/α-hetero) is 1. The molecule has 2 aromatic carbocycles. The summed E-state index contributed by atoms with van der Waals surface area (Å²) in [5.41, 5.74) is -4.10. The van der Waals surface area contributed by atoms with Crippen molar-refractivity contribution in [1.82, 2.24) is 0 Å². The predicted octanol–water partition coefficient (Wildman–Crippen LogP) is 3.66. The van der Waals surface area contributed by atoms with E-state index in [4.69, 9.17) is 0 Å². The Morgan fingerprint density at radius 3 is 0.906 bits per heavy atom. The summed E-state index contributed by atoms with van der Waals surface area (Å²) < 4.78 is 140. The van der Waals surface area contributed by atoms with Gasteiger partial charge in [-0.05, 0) is 0 Å². The summed E-state index contributed by atoms with van der Waals surface area (Å²) in [7, 11) is 0. The van der Waals surface area contributed by atoms with Crippen molar-refractivity contribution in [3.05, 3.63) is 69.3 Å². The second-order valence-electron chi connectivity index (χ2n) is 5.58.